The molecule has 0 radical (unpaired) electrons. The lowest BCUT2D eigenvalue weighted by Crippen LogP contribution is -2.23. The summed E-state index contributed by atoms with van der Waals surface area (Å²) in [5, 5.41) is 3.58. The third kappa shape index (κ3) is 2.99. The lowest BCUT2D eigenvalue weighted by atomic mass is 9.81. The van der Waals surface area contributed by atoms with Crippen molar-refractivity contribution < 1.29 is 9.47 Å². The van der Waals surface area contributed by atoms with Gasteiger partial charge < -0.3 is 14.8 Å². The molecule has 3 rings (SSSR count). The van der Waals surface area contributed by atoms with E-state index >= 15 is 0 Å². The summed E-state index contributed by atoms with van der Waals surface area (Å²) in [6.45, 7) is 3.51. The Kier molecular flexibility index (Phi) is 3.87. The number of hydrogen-bond donors (Lipinski definition) is 1. The molecular formula is C15H20BrNO2. The molecule has 4 heteroatoms. The highest BCUT2D eigenvalue weighted by atomic mass is 79.9. The van der Waals surface area contributed by atoms with Crippen molar-refractivity contribution in [3.8, 4) is 11.5 Å². The van der Waals surface area contributed by atoms with E-state index in [1.807, 2.05) is 12.1 Å². The van der Waals surface area contributed by atoms with E-state index in [0.29, 0.717) is 19.3 Å². The first kappa shape index (κ1) is 13.1. The largest absolute Gasteiger partial charge is 0.486 e. The highest BCUT2D eigenvalue weighted by Gasteiger charge is 2.21. The van der Waals surface area contributed by atoms with Gasteiger partial charge in [0.15, 0.2) is 11.5 Å². The summed E-state index contributed by atoms with van der Waals surface area (Å²) in [5.74, 6) is 2.58. The summed E-state index contributed by atoms with van der Waals surface area (Å²) in [7, 11) is 0. The standard InChI is InChI=1S/C15H20BrNO2/c1-10(7-11-3-2-4-11)17-13-9-15-14(8-12(13)16)18-5-6-19-15/h8-11,17H,2-7H2,1H3. The first-order valence-electron chi connectivity index (χ1n) is 7.08. The minimum Gasteiger partial charge on any atom is -0.486 e. The zero-order valence-corrected chi connectivity index (χ0v) is 12.8. The van der Waals surface area contributed by atoms with Crippen molar-refractivity contribution in [2.75, 3.05) is 18.5 Å². The van der Waals surface area contributed by atoms with Gasteiger partial charge >= 0.3 is 0 Å². The van der Waals surface area contributed by atoms with Crippen molar-refractivity contribution in [3.05, 3.63) is 16.6 Å². The number of ether oxygens (including phenoxy) is 2. The van der Waals surface area contributed by atoms with E-state index in [1.54, 1.807) is 0 Å². The fraction of sp³-hybridized carbons (Fsp3) is 0.600. The van der Waals surface area contributed by atoms with Gasteiger partial charge in [-0.15, -0.1) is 0 Å². The second-order valence-electron chi connectivity index (χ2n) is 5.55. The van der Waals surface area contributed by atoms with Gasteiger partial charge in [-0.3, -0.25) is 0 Å². The predicted molar refractivity (Wildman–Crippen MR) is 80.2 cm³/mol. The van der Waals surface area contributed by atoms with Gasteiger partial charge in [-0.2, -0.15) is 0 Å². The highest BCUT2D eigenvalue weighted by molar-refractivity contribution is 9.10. The van der Waals surface area contributed by atoms with Crippen LogP contribution in [0.3, 0.4) is 0 Å². The number of anilines is 1. The van der Waals surface area contributed by atoms with Crippen LogP contribution < -0.4 is 14.8 Å². The Bertz CT molecular complexity index is 460. The topological polar surface area (TPSA) is 30.5 Å². The van der Waals surface area contributed by atoms with Gasteiger partial charge in [0, 0.05) is 22.6 Å². The molecule has 0 aromatic heterocycles. The van der Waals surface area contributed by atoms with Gasteiger partial charge in [-0.05, 0) is 35.2 Å². The average Bonchev–Trinajstić information content (AvgIpc) is 2.35. The van der Waals surface area contributed by atoms with E-state index in [0.717, 1.165) is 27.6 Å². The lowest BCUT2D eigenvalue weighted by Gasteiger charge is -2.29. The highest BCUT2D eigenvalue weighted by Crippen LogP contribution is 2.39. The molecule has 3 nitrogen and oxygen atoms in total. The number of hydrogen-bond acceptors (Lipinski definition) is 3. The number of nitrogens with one attached hydrogen (secondary N) is 1. The molecule has 1 N–H and O–H groups in total. The zero-order chi connectivity index (χ0) is 13.2. The molecule has 0 bridgehead atoms. The zero-order valence-electron chi connectivity index (χ0n) is 11.2. The van der Waals surface area contributed by atoms with E-state index in [-0.39, 0.29) is 0 Å². The molecule has 1 atom stereocenters. The van der Waals surface area contributed by atoms with Crippen LogP contribution >= 0.6 is 15.9 Å². The summed E-state index contributed by atoms with van der Waals surface area (Å²) >= 11 is 3.60. The SMILES string of the molecule is CC(CC1CCC1)Nc1cc2c(cc1Br)OCCO2. The Labute approximate surface area is 122 Å². The summed E-state index contributed by atoms with van der Waals surface area (Å²) < 4.78 is 12.2. The van der Waals surface area contributed by atoms with Crippen molar-refractivity contribution in [2.45, 2.75) is 38.6 Å². The van der Waals surface area contributed by atoms with Crippen LogP contribution in [-0.4, -0.2) is 19.3 Å². The van der Waals surface area contributed by atoms with Crippen molar-refractivity contribution in [2.24, 2.45) is 5.92 Å². The fourth-order valence-electron chi connectivity index (χ4n) is 2.73. The van der Waals surface area contributed by atoms with E-state index < -0.39 is 0 Å². The number of halogens is 1. The lowest BCUT2D eigenvalue weighted by molar-refractivity contribution is 0.171. The summed E-state index contributed by atoms with van der Waals surface area (Å²) in [6, 6.07) is 4.52. The maximum Gasteiger partial charge on any atom is 0.163 e. The molecule has 1 unspecified atom stereocenters. The Hall–Kier alpha value is -0.900. The Balaban J connectivity index is 1.69. The van der Waals surface area contributed by atoms with Crippen LogP contribution in [0.4, 0.5) is 5.69 Å². The van der Waals surface area contributed by atoms with E-state index in [2.05, 4.69) is 28.2 Å². The van der Waals surface area contributed by atoms with Crippen LogP contribution in [0, 0.1) is 5.92 Å². The first-order chi connectivity index (χ1) is 9.22. The van der Waals surface area contributed by atoms with Gasteiger partial charge in [-0.1, -0.05) is 19.3 Å². The van der Waals surface area contributed by atoms with Gasteiger partial charge in [0.25, 0.3) is 0 Å². The average molecular weight is 326 g/mol. The molecule has 1 aliphatic carbocycles. The number of rotatable bonds is 4. The van der Waals surface area contributed by atoms with Crippen LogP contribution in [0.15, 0.2) is 16.6 Å². The van der Waals surface area contributed by atoms with E-state index in [9.17, 15) is 0 Å². The van der Waals surface area contributed by atoms with Gasteiger partial charge in [0.2, 0.25) is 0 Å². The third-order valence-corrected chi connectivity index (χ3v) is 4.60. The normalized spacial score (nSPS) is 19.7. The maximum absolute atomic E-state index is 5.63. The van der Waals surface area contributed by atoms with Crippen LogP contribution in [-0.2, 0) is 0 Å². The van der Waals surface area contributed by atoms with Crippen molar-refractivity contribution >= 4 is 21.6 Å². The maximum atomic E-state index is 5.63. The van der Waals surface area contributed by atoms with Crippen molar-refractivity contribution in [1.29, 1.82) is 0 Å². The number of benzene rings is 1. The van der Waals surface area contributed by atoms with Crippen LogP contribution in [0.2, 0.25) is 0 Å². The fourth-order valence-corrected chi connectivity index (χ4v) is 3.16. The molecule has 1 heterocycles. The second kappa shape index (κ2) is 5.61. The minimum atomic E-state index is 0.490. The van der Waals surface area contributed by atoms with Crippen LogP contribution in [0.1, 0.15) is 32.6 Å². The molecule has 19 heavy (non-hydrogen) atoms. The van der Waals surface area contributed by atoms with E-state index in [1.165, 1.54) is 25.7 Å². The second-order valence-corrected chi connectivity index (χ2v) is 6.41. The summed E-state index contributed by atoms with van der Waals surface area (Å²) in [4.78, 5) is 0. The smallest absolute Gasteiger partial charge is 0.163 e. The molecule has 1 aromatic rings. The molecule has 1 aromatic carbocycles. The molecule has 0 spiro atoms. The molecule has 2 aliphatic rings. The molecular weight excluding hydrogens is 306 g/mol. The number of fused-ring (bicyclic) bond motifs is 1. The molecule has 104 valence electrons. The minimum absolute atomic E-state index is 0.490. The van der Waals surface area contributed by atoms with Crippen LogP contribution in [0.5, 0.6) is 11.5 Å². The Morgan fingerprint density at radius 1 is 1.26 bits per heavy atom. The Morgan fingerprint density at radius 3 is 2.58 bits per heavy atom. The Morgan fingerprint density at radius 2 is 1.95 bits per heavy atom. The first-order valence-corrected chi connectivity index (χ1v) is 7.87. The molecule has 1 fully saturated rings. The van der Waals surface area contributed by atoms with Crippen molar-refractivity contribution in [1.82, 2.24) is 0 Å². The monoisotopic (exact) mass is 325 g/mol. The molecule has 1 aliphatic heterocycles. The van der Waals surface area contributed by atoms with Gasteiger partial charge in [0.05, 0.1) is 5.69 Å². The van der Waals surface area contributed by atoms with Gasteiger partial charge in [0.1, 0.15) is 13.2 Å². The summed E-state index contributed by atoms with van der Waals surface area (Å²) in [6.07, 6.45) is 5.45. The quantitative estimate of drug-likeness (QED) is 0.899. The molecule has 0 amide bonds. The van der Waals surface area contributed by atoms with Gasteiger partial charge in [-0.25, -0.2) is 0 Å². The van der Waals surface area contributed by atoms with E-state index in [4.69, 9.17) is 9.47 Å². The van der Waals surface area contributed by atoms with Crippen molar-refractivity contribution in [3.63, 3.8) is 0 Å². The molecule has 0 saturated heterocycles. The third-order valence-electron chi connectivity index (χ3n) is 3.95. The molecule has 1 saturated carbocycles. The van der Waals surface area contributed by atoms with Crippen LogP contribution in [0.25, 0.3) is 0 Å². The summed E-state index contributed by atoms with van der Waals surface area (Å²) in [5.41, 5.74) is 1.09. The predicted octanol–water partition coefficient (Wildman–Crippen LogP) is 4.21.